The van der Waals surface area contributed by atoms with E-state index < -0.39 is 68.3 Å². The normalized spacial score (nSPS) is 19.8. The van der Waals surface area contributed by atoms with Crippen molar-refractivity contribution in [2.75, 3.05) is 39.4 Å². The van der Waals surface area contributed by atoms with Crippen LogP contribution in [0.4, 0.5) is 5.82 Å². The van der Waals surface area contributed by atoms with Crippen LogP contribution in [0.3, 0.4) is 0 Å². The first-order valence-corrected chi connectivity index (χ1v) is 25.0. The van der Waals surface area contributed by atoms with E-state index in [1.54, 1.807) is 56.0 Å². The number of aromatic nitrogens is 6. The van der Waals surface area contributed by atoms with Gasteiger partial charge in [0.15, 0.2) is 17.0 Å². The number of carbonyl (C=O) groups excluding carboxylic acids is 2. The SMILES string of the molecule is COc1ccc(C(OC[C@H]2O[C@@H](n3cc(C)c(=O)[nH]c3=O)C[C@@H]2OP(OCCC#N)OC[C@H]2O[C@@H](n3cnc4c(NC(=O)c5ccccc5)ncnc43)C[C@@H]2OC(C)=O)(c2ccccc2)c2ccc(OC)cc2)cc1. The number of fused-ring (bicyclic) bond motifs is 1. The van der Waals surface area contributed by atoms with Crippen LogP contribution in [-0.2, 0) is 42.9 Å². The van der Waals surface area contributed by atoms with Crippen LogP contribution in [0.1, 0.15) is 71.3 Å². The van der Waals surface area contributed by atoms with Gasteiger partial charge in [0.05, 0.1) is 59.0 Å². The molecule has 0 radical (unpaired) electrons. The molecule has 388 valence electrons. The van der Waals surface area contributed by atoms with Crippen LogP contribution < -0.4 is 26.0 Å². The topological polar surface area (TPSA) is 251 Å². The largest absolute Gasteiger partial charge is 0.497 e. The van der Waals surface area contributed by atoms with Gasteiger partial charge in [-0.1, -0.05) is 72.8 Å². The monoisotopic (exact) mass is 1040 g/mol. The van der Waals surface area contributed by atoms with Crippen molar-refractivity contribution >= 4 is 37.5 Å². The average molecular weight is 1040 g/mol. The first-order chi connectivity index (χ1) is 36.5. The number of amides is 1. The minimum atomic E-state index is -2.33. The Bertz CT molecular complexity index is 3200. The van der Waals surface area contributed by atoms with Crippen molar-refractivity contribution in [3.05, 3.63) is 177 Å². The standard InChI is InChI=1S/C53H53N8O13P/c1-33-28-60(52(65)59-50(33)63)45-27-42(43(72-45)29-68-53(36-14-9-6-10-15-36,37-16-20-39(66-3)21-17-37)38-18-22-40(67-4)23-19-38)74-75(69-25-11-24-54)70-30-44-41(71-34(2)62)26-46(73-44)61-32-57-47-48(55-31-56-49(47)61)58-51(64)35-12-7-5-8-13-35/h5-10,12-23,28,31-32,41-46H,11,25-27,29-30H2,1-4H3,(H,59,63,65)(H,55,56,58,64)/t41-,42-,43+,44+,45+,46+,75?/m0/s1. The molecule has 2 fully saturated rings. The number of nitrogens with one attached hydrogen (secondary N) is 2. The van der Waals surface area contributed by atoms with Gasteiger partial charge >= 0.3 is 20.3 Å². The maximum atomic E-state index is 13.4. The number of esters is 1. The molecule has 75 heavy (non-hydrogen) atoms. The summed E-state index contributed by atoms with van der Waals surface area (Å²) in [5, 5.41) is 12.3. The van der Waals surface area contributed by atoms with Gasteiger partial charge in [-0.2, -0.15) is 5.26 Å². The van der Waals surface area contributed by atoms with E-state index in [0.717, 1.165) is 16.7 Å². The van der Waals surface area contributed by atoms with Gasteiger partial charge in [0.25, 0.3) is 11.5 Å². The Labute approximate surface area is 431 Å². The van der Waals surface area contributed by atoms with Crippen LogP contribution >= 0.6 is 8.60 Å². The van der Waals surface area contributed by atoms with Crippen molar-refractivity contribution in [2.24, 2.45) is 0 Å². The Morgan fingerprint density at radius 1 is 0.800 bits per heavy atom. The van der Waals surface area contributed by atoms with Gasteiger partial charge in [-0.05, 0) is 60.0 Å². The third kappa shape index (κ3) is 11.7. The third-order valence-electron chi connectivity index (χ3n) is 12.7. The Morgan fingerprint density at radius 2 is 1.41 bits per heavy atom. The first-order valence-electron chi connectivity index (χ1n) is 23.9. The molecule has 22 heteroatoms. The van der Waals surface area contributed by atoms with Crippen molar-refractivity contribution in [3.8, 4) is 17.6 Å². The summed E-state index contributed by atoms with van der Waals surface area (Å²) in [7, 11) is 0.846. The summed E-state index contributed by atoms with van der Waals surface area (Å²) in [6.45, 7) is 2.45. The highest BCUT2D eigenvalue weighted by molar-refractivity contribution is 7.41. The summed E-state index contributed by atoms with van der Waals surface area (Å²) >= 11 is 0. The predicted octanol–water partition coefficient (Wildman–Crippen LogP) is 7.03. The predicted molar refractivity (Wildman–Crippen MR) is 271 cm³/mol. The summed E-state index contributed by atoms with van der Waals surface area (Å²) in [5.74, 6) is 0.530. The number of nitrogens with zero attached hydrogens (tertiary/aromatic N) is 6. The number of methoxy groups -OCH3 is 2. The number of H-pyrrole nitrogens is 1. The minimum Gasteiger partial charge on any atom is -0.497 e. The third-order valence-corrected chi connectivity index (χ3v) is 13.9. The van der Waals surface area contributed by atoms with E-state index in [0.29, 0.717) is 28.2 Å². The van der Waals surface area contributed by atoms with Crippen molar-refractivity contribution < 1.29 is 51.6 Å². The minimum absolute atomic E-state index is 0.00131. The molecule has 21 nitrogen and oxygen atoms in total. The summed E-state index contributed by atoms with van der Waals surface area (Å²) in [5.41, 5.74) is 1.17. The second kappa shape index (κ2) is 23.7. The second-order valence-electron chi connectivity index (χ2n) is 17.4. The van der Waals surface area contributed by atoms with E-state index in [1.165, 1.54) is 30.3 Å². The molecule has 2 N–H and O–H groups in total. The lowest BCUT2D eigenvalue weighted by atomic mass is 9.80. The maximum Gasteiger partial charge on any atom is 0.333 e. The van der Waals surface area contributed by atoms with Crippen molar-refractivity contribution in [2.45, 2.75) is 75.6 Å². The fraction of sp³-hybridized carbons (Fsp3) is 0.321. The first kappa shape index (κ1) is 52.2. The number of benzene rings is 4. The molecule has 9 rings (SSSR count). The lowest BCUT2D eigenvalue weighted by molar-refractivity contribution is -0.150. The van der Waals surface area contributed by atoms with Crippen molar-refractivity contribution in [1.29, 1.82) is 5.26 Å². The van der Waals surface area contributed by atoms with Crippen molar-refractivity contribution in [1.82, 2.24) is 29.1 Å². The molecule has 7 aromatic rings. The molecular formula is C53H53N8O13P. The highest BCUT2D eigenvalue weighted by Gasteiger charge is 2.46. The molecule has 1 amide bonds. The molecule has 2 aliphatic rings. The molecule has 1 unspecified atom stereocenters. The van der Waals surface area contributed by atoms with Gasteiger partial charge < -0.3 is 47.3 Å². The lowest BCUT2D eigenvalue weighted by Gasteiger charge is -2.37. The summed E-state index contributed by atoms with van der Waals surface area (Å²) in [4.78, 5) is 67.1. The summed E-state index contributed by atoms with van der Waals surface area (Å²) < 4.78 is 59.5. The molecule has 0 bridgehead atoms. The van der Waals surface area contributed by atoms with Crippen LogP contribution in [0.2, 0.25) is 0 Å². The van der Waals surface area contributed by atoms with E-state index in [-0.39, 0.29) is 56.4 Å². The van der Waals surface area contributed by atoms with Gasteiger partial charge in [-0.15, -0.1) is 0 Å². The molecule has 0 saturated carbocycles. The van der Waals surface area contributed by atoms with Gasteiger partial charge in [-0.3, -0.25) is 28.5 Å². The molecule has 0 aliphatic carbocycles. The summed E-state index contributed by atoms with van der Waals surface area (Å²) in [6.07, 6.45) is -0.768. The summed E-state index contributed by atoms with van der Waals surface area (Å²) in [6, 6.07) is 35.5. The van der Waals surface area contributed by atoms with Gasteiger partial charge in [-0.25, -0.2) is 19.7 Å². The maximum absolute atomic E-state index is 13.4. The smallest absolute Gasteiger partial charge is 0.333 e. The fourth-order valence-corrected chi connectivity index (χ4v) is 10.2. The molecule has 2 aliphatic heterocycles. The molecule has 3 aromatic heterocycles. The number of imidazole rings is 1. The number of anilines is 1. The van der Waals surface area contributed by atoms with Crippen LogP contribution in [-0.4, -0.2) is 99.4 Å². The molecule has 5 heterocycles. The van der Waals surface area contributed by atoms with E-state index >= 15 is 0 Å². The number of nitriles is 1. The molecule has 2 saturated heterocycles. The number of aryl methyl sites for hydroxylation is 1. The van der Waals surface area contributed by atoms with Gasteiger partial charge in [0, 0.05) is 37.1 Å². The zero-order valence-corrected chi connectivity index (χ0v) is 42.2. The van der Waals surface area contributed by atoms with E-state index in [2.05, 4.69) is 31.3 Å². The van der Waals surface area contributed by atoms with Crippen LogP contribution in [0.15, 0.2) is 138 Å². The zero-order chi connectivity index (χ0) is 52.5. The zero-order valence-electron chi connectivity index (χ0n) is 41.3. The number of aromatic amines is 1. The van der Waals surface area contributed by atoms with Crippen LogP contribution in [0.5, 0.6) is 11.5 Å². The number of hydrogen-bond acceptors (Lipinski definition) is 17. The average Bonchev–Trinajstić information content (AvgIpc) is 4.18. The Balaban J connectivity index is 1.00. The van der Waals surface area contributed by atoms with Crippen LogP contribution in [0.25, 0.3) is 11.2 Å². The fourth-order valence-electron chi connectivity index (χ4n) is 9.00. The van der Waals surface area contributed by atoms with Crippen LogP contribution in [0, 0.1) is 18.3 Å². The number of rotatable bonds is 21. The van der Waals surface area contributed by atoms with Gasteiger partial charge in [0.2, 0.25) is 0 Å². The van der Waals surface area contributed by atoms with E-state index in [4.69, 9.17) is 42.0 Å². The Hall–Kier alpha value is -7.67. The number of ether oxygens (including phenoxy) is 6. The molecule has 7 atom stereocenters. The Morgan fingerprint density at radius 3 is 2.05 bits per heavy atom. The molecular weight excluding hydrogens is 988 g/mol. The highest BCUT2D eigenvalue weighted by atomic mass is 31.2. The quantitative estimate of drug-likeness (QED) is 0.0317. The Kier molecular flexibility index (Phi) is 16.5. The van der Waals surface area contributed by atoms with Crippen molar-refractivity contribution in [3.63, 3.8) is 0 Å². The van der Waals surface area contributed by atoms with Gasteiger partial charge in [0.1, 0.15) is 54.2 Å². The number of carbonyl (C=O) groups is 2. The van der Waals surface area contributed by atoms with E-state index in [1.807, 2.05) is 78.9 Å². The lowest BCUT2D eigenvalue weighted by Crippen LogP contribution is -2.38. The molecule has 0 spiro atoms. The second-order valence-corrected chi connectivity index (χ2v) is 18.6. The van der Waals surface area contributed by atoms with E-state index in [9.17, 15) is 24.4 Å². The highest BCUT2D eigenvalue weighted by Crippen LogP contribution is 2.48. The molecule has 4 aromatic carbocycles. The number of hydrogen-bond donors (Lipinski definition) is 2.